The van der Waals surface area contributed by atoms with Gasteiger partial charge in [-0.2, -0.15) is 5.26 Å². The van der Waals surface area contributed by atoms with Crippen LogP contribution in [0.15, 0.2) is 505 Å². The Kier molecular flexibility index (Phi) is 28.9. The lowest BCUT2D eigenvalue weighted by molar-refractivity contribution is 0.660. The third-order valence-corrected chi connectivity index (χ3v) is 23.1. The van der Waals surface area contributed by atoms with E-state index in [1.165, 1.54) is 71.6 Å². The molecule has 1 aliphatic carbocycles. The maximum absolute atomic E-state index is 8.78. The minimum Gasteiger partial charge on any atom is -0.356 e. The Balaban J connectivity index is 0.000000113. The minimum atomic E-state index is 0.0216. The Bertz CT molecular complexity index is 7330. The van der Waals surface area contributed by atoms with Gasteiger partial charge in [-0.15, -0.1) is 0 Å². The molecule has 0 atom stereocenters. The van der Waals surface area contributed by atoms with E-state index in [0.29, 0.717) is 11.3 Å². The molecule has 0 unspecified atom stereocenters. The summed E-state index contributed by atoms with van der Waals surface area (Å²) in [5.41, 5.74) is 33.5. The van der Waals surface area contributed by atoms with Crippen LogP contribution in [0.25, 0.3) is 104 Å². The lowest BCUT2D eigenvalue weighted by atomic mass is 9.82. The van der Waals surface area contributed by atoms with Crippen LogP contribution in [-0.4, -0.2) is 24.9 Å². The fourth-order valence-corrected chi connectivity index (χ4v) is 16.0. The first-order valence-electron chi connectivity index (χ1n) is 44.6. The van der Waals surface area contributed by atoms with E-state index < -0.39 is 0 Å². The van der Waals surface area contributed by atoms with Crippen molar-refractivity contribution in [3.8, 4) is 84.0 Å². The van der Waals surface area contributed by atoms with Crippen molar-refractivity contribution in [3.05, 3.63) is 533 Å². The number of hydrogen-bond donors (Lipinski definition) is 6. The SMILES string of the molecule is CC1(C)c2ccccc2-c2ccc(Nc3ccc(-c4cccnc4)cc3)cc21.N#Cc1ccc(Nc2ccc(-c3cccnc3)cc2)cc1.[C-]#[N+]c1ccc(-c2ccc(Nc3cccc4ccccc34)cc2)cc1.c1ccc(Nc2ccc(-c3cccnc3)cc2)cc1.c1ccc(Nc2ccc(-c3ccncc3)cc2)cc1.c1cncc(-c2ccc(Nc3cccc4ccccc34)cc2)c1. The largest absolute Gasteiger partial charge is 0.356 e. The molecule has 0 amide bonds. The molecular weight excluding hydrogens is 1650 g/mol. The van der Waals surface area contributed by atoms with Gasteiger partial charge in [0.05, 0.1) is 18.2 Å². The number of nitriles is 1. The van der Waals surface area contributed by atoms with Crippen LogP contribution in [0.5, 0.6) is 0 Å². The maximum atomic E-state index is 8.78. The first-order valence-corrected chi connectivity index (χ1v) is 44.6. The van der Waals surface area contributed by atoms with E-state index in [0.717, 1.165) is 107 Å². The second kappa shape index (κ2) is 44.1. The van der Waals surface area contributed by atoms with Crippen LogP contribution in [-0.2, 0) is 5.41 Å². The van der Waals surface area contributed by atoms with Crippen LogP contribution in [0.3, 0.4) is 0 Å². The van der Waals surface area contributed by atoms with E-state index in [4.69, 9.17) is 11.8 Å². The summed E-state index contributed by atoms with van der Waals surface area (Å²) in [4.78, 5) is 24.1. The van der Waals surface area contributed by atoms with Crippen LogP contribution in [0.1, 0.15) is 30.5 Å². The number of aromatic nitrogens is 5. The molecule has 0 saturated heterocycles. The Morgan fingerprint density at radius 3 is 0.904 bits per heavy atom. The van der Waals surface area contributed by atoms with Crippen molar-refractivity contribution < 1.29 is 0 Å². The van der Waals surface area contributed by atoms with Crippen molar-refractivity contribution >= 4 is 95.5 Å². The van der Waals surface area contributed by atoms with Crippen LogP contribution >= 0.6 is 0 Å². The smallest absolute Gasteiger partial charge is 0.187 e. The number of nitrogens with zero attached hydrogens (tertiary/aromatic N) is 7. The van der Waals surface area contributed by atoms with Gasteiger partial charge < -0.3 is 31.9 Å². The second-order valence-corrected chi connectivity index (χ2v) is 32.5. The molecule has 0 spiro atoms. The van der Waals surface area contributed by atoms with Gasteiger partial charge in [-0.1, -0.05) is 275 Å². The molecule has 5 heterocycles. The van der Waals surface area contributed by atoms with E-state index in [1.807, 2.05) is 165 Å². The van der Waals surface area contributed by atoms with E-state index in [1.54, 1.807) is 36.9 Å². The summed E-state index contributed by atoms with van der Waals surface area (Å²) in [5.74, 6) is 0. The minimum absolute atomic E-state index is 0.0216. The number of para-hydroxylation sites is 2. The fourth-order valence-electron chi connectivity index (χ4n) is 16.0. The molecule has 0 saturated carbocycles. The highest BCUT2D eigenvalue weighted by Gasteiger charge is 2.35. The summed E-state index contributed by atoms with van der Waals surface area (Å²) in [6.45, 7) is 11.6. The zero-order valence-electron chi connectivity index (χ0n) is 74.6. The molecule has 0 bridgehead atoms. The van der Waals surface area contributed by atoms with Crippen LogP contribution < -0.4 is 31.9 Å². The molecule has 5 aromatic heterocycles. The first-order chi connectivity index (χ1) is 66.5. The molecule has 13 nitrogen and oxygen atoms in total. The van der Waals surface area contributed by atoms with Gasteiger partial charge >= 0.3 is 0 Å². The lowest BCUT2D eigenvalue weighted by Crippen LogP contribution is -2.15. The Morgan fingerprint density at radius 1 is 0.237 bits per heavy atom. The monoisotopic (exact) mass is 1740 g/mol. The number of nitrogens with one attached hydrogen (secondary N) is 6. The predicted molar refractivity (Wildman–Crippen MR) is 562 cm³/mol. The van der Waals surface area contributed by atoms with Crippen LogP contribution in [0.2, 0.25) is 0 Å². The standard InChI is InChI=1S/C26H22N2.C23H16N2.C21H16N2.C18H13N3.2C17H14N2/c1-26(2)24-8-4-3-7-22(24)23-14-13-21(16-25(23)26)28-20-11-9-18(10-12-20)19-6-5-15-27-17-19;1-24-20-13-9-17(10-14-20)18-11-15-21(16-12-18)25-23-8-4-6-19-5-2-3-7-22(19)23;1-2-8-20-17(5-1)6-3-9-21(20)23-19-12-10-16(11-13-19)18-7-4-14-22-15-18;19-12-14-3-7-17(8-4-14)21-18-9-5-15(6-10-18)16-2-1-11-20-13-16;1-2-6-16(7-3-1)19-17-10-8-14(9-11-17)15-5-4-12-18-13-15;1-2-4-16(5-3-1)19-17-8-6-14(7-9-17)15-10-12-18-13-11-15/h3-17,28H,1-2H3;2-16,25H;1-15,23H;1-11,13,21H;2*1-13,19H. The molecule has 0 radical (unpaired) electrons. The molecule has 22 rings (SSSR count). The summed E-state index contributed by atoms with van der Waals surface area (Å²) in [6.07, 6.45) is 18.3. The lowest BCUT2D eigenvalue weighted by Gasteiger charge is -2.22. The van der Waals surface area contributed by atoms with Crippen molar-refractivity contribution in [1.29, 1.82) is 5.26 Å². The van der Waals surface area contributed by atoms with Crippen molar-refractivity contribution in [2.24, 2.45) is 0 Å². The predicted octanol–water partition coefficient (Wildman–Crippen LogP) is 32.6. The van der Waals surface area contributed by atoms with Gasteiger partial charge in [0.2, 0.25) is 0 Å². The highest BCUT2D eigenvalue weighted by atomic mass is 14.9. The summed E-state index contributed by atoms with van der Waals surface area (Å²) >= 11 is 0. The molecule has 0 fully saturated rings. The summed E-state index contributed by atoms with van der Waals surface area (Å²) in [6, 6.07) is 153. The van der Waals surface area contributed by atoms with Gasteiger partial charge in [-0.3, -0.25) is 24.9 Å². The zero-order chi connectivity index (χ0) is 92.0. The molecule has 6 N–H and O–H groups in total. The summed E-state index contributed by atoms with van der Waals surface area (Å²) in [5, 5.41) is 34.3. The number of fused-ring (bicyclic) bond motifs is 5. The molecular formula is C122H95N13. The number of hydrogen-bond acceptors (Lipinski definition) is 12. The van der Waals surface area contributed by atoms with E-state index >= 15 is 0 Å². The average Bonchev–Trinajstić information content (AvgIpc) is 1.58. The first kappa shape index (κ1) is 88.6. The number of pyridine rings is 5. The Labute approximate surface area is 788 Å². The highest BCUT2D eigenvalue weighted by molar-refractivity contribution is 5.97. The summed E-state index contributed by atoms with van der Waals surface area (Å²) in [7, 11) is 0. The second-order valence-electron chi connectivity index (χ2n) is 32.5. The van der Waals surface area contributed by atoms with Gasteiger partial charge in [-0.05, 0) is 282 Å². The van der Waals surface area contributed by atoms with Gasteiger partial charge in [-0.25, -0.2) is 4.85 Å². The Morgan fingerprint density at radius 2 is 0.533 bits per heavy atom. The molecule has 648 valence electrons. The zero-order valence-corrected chi connectivity index (χ0v) is 74.6. The van der Waals surface area contributed by atoms with Gasteiger partial charge in [0.15, 0.2) is 5.69 Å². The Hall–Kier alpha value is -18.4. The fraction of sp³-hybridized carbons (Fsp3) is 0.0246. The van der Waals surface area contributed by atoms with Gasteiger partial charge in [0.1, 0.15) is 0 Å². The molecule has 135 heavy (non-hydrogen) atoms. The van der Waals surface area contributed by atoms with Crippen molar-refractivity contribution in [2.75, 3.05) is 31.9 Å². The van der Waals surface area contributed by atoms with Crippen molar-refractivity contribution in [3.63, 3.8) is 0 Å². The topological polar surface area (TPSA) is 165 Å². The molecule has 13 heteroatoms. The number of anilines is 12. The van der Waals surface area contributed by atoms with Crippen LogP contribution in [0, 0.1) is 17.9 Å². The molecule has 16 aromatic carbocycles. The number of rotatable bonds is 18. The highest BCUT2D eigenvalue weighted by Crippen LogP contribution is 2.50. The maximum Gasteiger partial charge on any atom is 0.187 e. The van der Waals surface area contributed by atoms with Crippen molar-refractivity contribution in [1.82, 2.24) is 24.9 Å². The molecule has 1 aliphatic rings. The number of benzene rings is 16. The third kappa shape index (κ3) is 23.6. The van der Waals surface area contributed by atoms with Gasteiger partial charge in [0.25, 0.3) is 0 Å². The van der Waals surface area contributed by atoms with E-state index in [-0.39, 0.29) is 5.41 Å². The molecule has 21 aromatic rings. The normalized spacial score (nSPS) is 10.9. The van der Waals surface area contributed by atoms with Gasteiger partial charge in [0, 0.05) is 146 Å². The summed E-state index contributed by atoms with van der Waals surface area (Å²) < 4.78 is 0. The average molecular weight is 1740 g/mol. The van der Waals surface area contributed by atoms with E-state index in [9.17, 15) is 0 Å². The molecule has 0 aliphatic heterocycles. The quantitative estimate of drug-likeness (QED) is 0.0451. The van der Waals surface area contributed by atoms with E-state index in [2.05, 4.69) is 385 Å². The third-order valence-electron chi connectivity index (χ3n) is 23.1. The van der Waals surface area contributed by atoms with Crippen LogP contribution in [0.4, 0.5) is 73.9 Å². The van der Waals surface area contributed by atoms with Crippen molar-refractivity contribution in [2.45, 2.75) is 19.3 Å².